The number of hydrogen-bond acceptors (Lipinski definition) is 4. The normalized spacial score (nSPS) is 12.1. The number of nitrogens with zero attached hydrogens (tertiary/aromatic N) is 2. The summed E-state index contributed by atoms with van der Waals surface area (Å²) in [6.07, 6.45) is 4.63. The molecular weight excluding hydrogens is 262 g/mol. The summed E-state index contributed by atoms with van der Waals surface area (Å²) < 4.78 is 5.59. The Labute approximate surface area is 126 Å². The van der Waals surface area contributed by atoms with Crippen LogP contribution in [0, 0.1) is 6.92 Å². The van der Waals surface area contributed by atoms with E-state index in [1.54, 1.807) is 6.20 Å². The average Bonchev–Trinajstić information content (AvgIpc) is 2.52. The second-order valence-corrected chi connectivity index (χ2v) is 5.17. The Hall–Kier alpha value is -1.94. The number of rotatable bonds is 7. The van der Waals surface area contributed by atoms with Gasteiger partial charge in [0.15, 0.2) is 0 Å². The topological polar surface area (TPSA) is 47.0 Å². The minimum absolute atomic E-state index is 0.258. The maximum atomic E-state index is 5.59. The van der Waals surface area contributed by atoms with Crippen LogP contribution in [0.25, 0.3) is 0 Å². The lowest BCUT2D eigenvalue weighted by Crippen LogP contribution is -2.18. The van der Waals surface area contributed by atoms with Crippen LogP contribution in [0.2, 0.25) is 0 Å². The Balaban J connectivity index is 1.87. The molecule has 0 aliphatic carbocycles. The predicted molar refractivity (Wildman–Crippen MR) is 84.3 cm³/mol. The molecule has 0 radical (unpaired) electrons. The van der Waals surface area contributed by atoms with Gasteiger partial charge in [0.2, 0.25) is 0 Å². The molecule has 21 heavy (non-hydrogen) atoms. The third-order valence-corrected chi connectivity index (χ3v) is 3.28. The third-order valence-electron chi connectivity index (χ3n) is 3.28. The monoisotopic (exact) mass is 285 g/mol. The van der Waals surface area contributed by atoms with Gasteiger partial charge < -0.3 is 10.1 Å². The number of benzene rings is 1. The van der Waals surface area contributed by atoms with E-state index in [1.165, 1.54) is 5.56 Å². The zero-order chi connectivity index (χ0) is 15.1. The summed E-state index contributed by atoms with van der Waals surface area (Å²) in [6, 6.07) is 8.50. The highest BCUT2D eigenvalue weighted by molar-refractivity contribution is 5.29. The third kappa shape index (κ3) is 4.83. The molecule has 2 aromatic rings. The first-order chi connectivity index (χ1) is 10.2. The summed E-state index contributed by atoms with van der Waals surface area (Å²) in [5.41, 5.74) is 3.13. The van der Waals surface area contributed by atoms with Gasteiger partial charge in [-0.25, -0.2) is 0 Å². The first-order valence-electron chi connectivity index (χ1n) is 7.42. The second-order valence-electron chi connectivity index (χ2n) is 5.17. The van der Waals surface area contributed by atoms with E-state index in [4.69, 9.17) is 4.74 Å². The summed E-state index contributed by atoms with van der Waals surface area (Å²) >= 11 is 0. The molecule has 0 aliphatic rings. The number of nitrogens with one attached hydrogen (secondary N) is 1. The minimum Gasteiger partial charge on any atom is -0.494 e. The fraction of sp³-hybridized carbons (Fsp3) is 0.412. The largest absolute Gasteiger partial charge is 0.494 e. The lowest BCUT2D eigenvalue weighted by atomic mass is 10.1. The molecule has 4 nitrogen and oxygen atoms in total. The Morgan fingerprint density at radius 3 is 2.52 bits per heavy atom. The first kappa shape index (κ1) is 15.4. The van der Waals surface area contributed by atoms with Crippen molar-refractivity contribution in [3.05, 3.63) is 53.6 Å². The van der Waals surface area contributed by atoms with E-state index in [-0.39, 0.29) is 6.04 Å². The smallest absolute Gasteiger partial charge is 0.119 e. The SMILES string of the molecule is CCCOc1ccc(C(C)NCc2cnc(C)cn2)cc1. The lowest BCUT2D eigenvalue weighted by Gasteiger charge is -2.14. The van der Waals surface area contributed by atoms with Crippen molar-refractivity contribution in [2.75, 3.05) is 6.61 Å². The van der Waals surface area contributed by atoms with Gasteiger partial charge in [-0.05, 0) is 38.0 Å². The molecule has 0 fully saturated rings. The summed E-state index contributed by atoms with van der Waals surface area (Å²) in [7, 11) is 0. The molecular formula is C17H23N3O. The van der Waals surface area contributed by atoms with Crippen molar-refractivity contribution in [2.24, 2.45) is 0 Å². The summed E-state index contributed by atoms with van der Waals surface area (Å²) in [6.45, 7) is 7.66. The van der Waals surface area contributed by atoms with Gasteiger partial charge >= 0.3 is 0 Å². The quantitative estimate of drug-likeness (QED) is 0.846. The van der Waals surface area contributed by atoms with Gasteiger partial charge in [-0.3, -0.25) is 9.97 Å². The number of aryl methyl sites for hydroxylation is 1. The molecule has 1 heterocycles. The number of ether oxygens (including phenoxy) is 1. The lowest BCUT2D eigenvalue weighted by molar-refractivity contribution is 0.317. The molecule has 1 aromatic carbocycles. The van der Waals surface area contributed by atoms with Gasteiger partial charge in [0.1, 0.15) is 5.75 Å². The second kappa shape index (κ2) is 7.74. The zero-order valence-electron chi connectivity index (χ0n) is 13.0. The van der Waals surface area contributed by atoms with Gasteiger partial charge in [-0.15, -0.1) is 0 Å². The molecule has 1 aromatic heterocycles. The zero-order valence-corrected chi connectivity index (χ0v) is 13.0. The fourth-order valence-electron chi connectivity index (χ4n) is 1.96. The van der Waals surface area contributed by atoms with Crippen molar-refractivity contribution in [2.45, 2.75) is 39.8 Å². The molecule has 0 saturated carbocycles. The van der Waals surface area contributed by atoms with Crippen molar-refractivity contribution in [1.82, 2.24) is 15.3 Å². The molecule has 0 aliphatic heterocycles. The Bertz CT molecular complexity index is 537. The van der Waals surface area contributed by atoms with Crippen LogP contribution in [-0.2, 0) is 6.54 Å². The molecule has 1 atom stereocenters. The molecule has 0 saturated heterocycles. The molecule has 2 rings (SSSR count). The van der Waals surface area contributed by atoms with Crippen LogP contribution in [0.1, 0.15) is 43.3 Å². The van der Waals surface area contributed by atoms with Crippen molar-refractivity contribution in [1.29, 1.82) is 0 Å². The fourth-order valence-corrected chi connectivity index (χ4v) is 1.96. The standard InChI is InChI=1S/C17H23N3O/c1-4-9-21-17-7-5-15(6-8-17)14(3)19-12-16-11-18-13(2)10-20-16/h5-8,10-11,14,19H,4,9,12H2,1-3H3. The van der Waals surface area contributed by atoms with Crippen LogP contribution in [-0.4, -0.2) is 16.6 Å². The van der Waals surface area contributed by atoms with E-state index in [2.05, 4.69) is 41.3 Å². The molecule has 1 unspecified atom stereocenters. The molecule has 112 valence electrons. The van der Waals surface area contributed by atoms with Gasteiger partial charge in [-0.1, -0.05) is 19.1 Å². The molecule has 0 bridgehead atoms. The predicted octanol–water partition coefficient (Wildman–Crippen LogP) is 3.42. The minimum atomic E-state index is 0.258. The van der Waals surface area contributed by atoms with Crippen LogP contribution in [0.4, 0.5) is 0 Å². The molecule has 1 N–H and O–H groups in total. The average molecular weight is 285 g/mol. The van der Waals surface area contributed by atoms with Gasteiger partial charge in [0.05, 0.1) is 18.0 Å². The van der Waals surface area contributed by atoms with Gasteiger partial charge in [0.25, 0.3) is 0 Å². The van der Waals surface area contributed by atoms with E-state index >= 15 is 0 Å². The van der Waals surface area contributed by atoms with Gasteiger partial charge in [0, 0.05) is 25.0 Å². The first-order valence-corrected chi connectivity index (χ1v) is 7.42. The van der Waals surface area contributed by atoms with Crippen LogP contribution in [0.15, 0.2) is 36.7 Å². The summed E-state index contributed by atoms with van der Waals surface area (Å²) in [5, 5.41) is 3.45. The maximum absolute atomic E-state index is 5.59. The highest BCUT2D eigenvalue weighted by atomic mass is 16.5. The molecule has 4 heteroatoms. The molecule has 0 amide bonds. The summed E-state index contributed by atoms with van der Waals surface area (Å²) in [4.78, 5) is 8.60. The van der Waals surface area contributed by atoms with Crippen molar-refractivity contribution < 1.29 is 4.74 Å². The van der Waals surface area contributed by atoms with E-state index in [0.29, 0.717) is 6.54 Å². The van der Waals surface area contributed by atoms with Crippen molar-refractivity contribution in [3.63, 3.8) is 0 Å². The van der Waals surface area contributed by atoms with E-state index in [0.717, 1.165) is 30.2 Å². The van der Waals surface area contributed by atoms with Crippen LogP contribution in [0.5, 0.6) is 5.75 Å². The van der Waals surface area contributed by atoms with Gasteiger partial charge in [-0.2, -0.15) is 0 Å². The maximum Gasteiger partial charge on any atom is 0.119 e. The van der Waals surface area contributed by atoms with E-state index in [1.807, 2.05) is 25.3 Å². The Kier molecular flexibility index (Phi) is 5.69. The molecule has 0 spiro atoms. The Morgan fingerprint density at radius 2 is 1.90 bits per heavy atom. The van der Waals surface area contributed by atoms with E-state index in [9.17, 15) is 0 Å². The van der Waals surface area contributed by atoms with Crippen molar-refractivity contribution >= 4 is 0 Å². The number of hydrogen-bond donors (Lipinski definition) is 1. The van der Waals surface area contributed by atoms with E-state index < -0.39 is 0 Å². The van der Waals surface area contributed by atoms with Crippen LogP contribution < -0.4 is 10.1 Å². The number of aromatic nitrogens is 2. The van der Waals surface area contributed by atoms with Crippen LogP contribution >= 0.6 is 0 Å². The van der Waals surface area contributed by atoms with Crippen molar-refractivity contribution in [3.8, 4) is 5.75 Å². The summed E-state index contributed by atoms with van der Waals surface area (Å²) in [5.74, 6) is 0.928. The highest BCUT2D eigenvalue weighted by Crippen LogP contribution is 2.18. The Morgan fingerprint density at radius 1 is 1.14 bits per heavy atom. The van der Waals surface area contributed by atoms with Crippen LogP contribution in [0.3, 0.4) is 0 Å². The highest BCUT2D eigenvalue weighted by Gasteiger charge is 2.06.